The highest BCUT2D eigenvalue weighted by molar-refractivity contribution is 6.32. The number of halogens is 1. The van der Waals surface area contributed by atoms with Crippen LogP contribution in [0.25, 0.3) is 0 Å². The van der Waals surface area contributed by atoms with Gasteiger partial charge in [0.05, 0.1) is 18.7 Å². The first-order valence-corrected chi connectivity index (χ1v) is 13.1. The monoisotopic (exact) mass is 532 g/mol. The van der Waals surface area contributed by atoms with Gasteiger partial charge in [0.15, 0.2) is 0 Å². The van der Waals surface area contributed by atoms with E-state index in [2.05, 4.69) is 33.0 Å². The number of rotatable bonds is 14. The molecule has 0 radical (unpaired) electrons. The molecule has 1 unspecified atom stereocenters. The van der Waals surface area contributed by atoms with E-state index in [1.807, 2.05) is 12.1 Å². The second-order valence-corrected chi connectivity index (χ2v) is 10.6. The van der Waals surface area contributed by atoms with E-state index < -0.39 is 5.91 Å². The van der Waals surface area contributed by atoms with Gasteiger partial charge in [-0.2, -0.15) is 0 Å². The van der Waals surface area contributed by atoms with Crippen LogP contribution in [0.5, 0.6) is 11.5 Å². The summed E-state index contributed by atoms with van der Waals surface area (Å²) in [5, 5.41) is 3.50. The van der Waals surface area contributed by atoms with Crippen LogP contribution in [0, 0.1) is 0 Å². The zero-order valence-corrected chi connectivity index (χ0v) is 23.7. The molecule has 0 fully saturated rings. The van der Waals surface area contributed by atoms with Crippen LogP contribution >= 0.6 is 11.6 Å². The van der Waals surface area contributed by atoms with Crippen LogP contribution in [0.4, 0.5) is 5.69 Å². The maximum Gasteiger partial charge on any atom is 0.248 e. The Labute approximate surface area is 226 Å². The summed E-state index contributed by atoms with van der Waals surface area (Å²) in [6.07, 6.45) is 4.11. The number of carbonyl (C=O) groups is 2. The summed E-state index contributed by atoms with van der Waals surface area (Å²) < 4.78 is 16.5. The molecule has 0 heterocycles. The van der Waals surface area contributed by atoms with E-state index in [-0.39, 0.29) is 23.7 Å². The third-order valence-electron chi connectivity index (χ3n) is 6.24. The topological polar surface area (TPSA) is 99.9 Å². The number of methoxy groups -OCH3 is 2. The average Bonchev–Trinajstić information content (AvgIpc) is 2.83. The van der Waals surface area contributed by atoms with Crippen molar-refractivity contribution in [3.05, 3.63) is 52.0 Å². The molecule has 7 nitrogen and oxygen atoms in total. The second kappa shape index (κ2) is 14.2. The van der Waals surface area contributed by atoms with Gasteiger partial charge >= 0.3 is 0 Å². The van der Waals surface area contributed by atoms with E-state index in [0.717, 1.165) is 36.8 Å². The van der Waals surface area contributed by atoms with Gasteiger partial charge in [-0.05, 0) is 47.1 Å². The van der Waals surface area contributed by atoms with E-state index in [1.165, 1.54) is 0 Å². The predicted molar refractivity (Wildman–Crippen MR) is 149 cm³/mol. The van der Waals surface area contributed by atoms with Gasteiger partial charge in [-0.15, -0.1) is 0 Å². The van der Waals surface area contributed by atoms with E-state index >= 15 is 0 Å². The molecule has 0 saturated heterocycles. The highest BCUT2D eigenvalue weighted by Crippen LogP contribution is 2.40. The Morgan fingerprint density at radius 3 is 2.38 bits per heavy atom. The fraction of sp³-hybridized carbons (Fsp3) is 0.517. The molecule has 1 atom stereocenters. The van der Waals surface area contributed by atoms with Crippen molar-refractivity contribution < 1.29 is 23.8 Å². The number of primary amides is 1. The van der Waals surface area contributed by atoms with E-state index in [4.69, 9.17) is 31.5 Å². The summed E-state index contributed by atoms with van der Waals surface area (Å²) in [5.74, 6) is 0.309. The molecule has 204 valence electrons. The van der Waals surface area contributed by atoms with Crippen molar-refractivity contribution in [3.8, 4) is 11.5 Å². The minimum absolute atomic E-state index is 0.121. The molecule has 0 saturated carbocycles. The molecule has 2 rings (SSSR count). The molecule has 3 N–H and O–H groups in total. The first-order chi connectivity index (χ1) is 17.5. The summed E-state index contributed by atoms with van der Waals surface area (Å²) in [5.41, 5.74) is 7.98. The lowest BCUT2D eigenvalue weighted by molar-refractivity contribution is -0.116. The van der Waals surface area contributed by atoms with E-state index in [1.54, 1.807) is 32.4 Å². The first kappa shape index (κ1) is 30.5. The van der Waals surface area contributed by atoms with Gasteiger partial charge in [0.25, 0.3) is 0 Å². The maximum atomic E-state index is 13.4. The number of amides is 2. The number of anilines is 1. The standard InChI is InChI=1S/C29H41ClN2O5/c1-7-8-9-10-19(21-17-23(30)26(18-25(21)36-6)37-14-13-35-5)16-27(33)32-24-15-20(28(31)34)11-12-22(24)29(2,3)4/h11-12,15,17-19H,7-10,13-14,16H2,1-6H3,(H2,31,34)(H,32,33). The van der Waals surface area contributed by atoms with Crippen LogP contribution in [0.2, 0.25) is 5.02 Å². The molecule has 37 heavy (non-hydrogen) atoms. The molecule has 0 aromatic heterocycles. The zero-order chi connectivity index (χ0) is 27.6. The first-order valence-electron chi connectivity index (χ1n) is 12.7. The number of nitrogens with one attached hydrogen (secondary N) is 1. The molecule has 0 aliphatic carbocycles. The Balaban J connectivity index is 2.37. The summed E-state index contributed by atoms with van der Waals surface area (Å²) in [4.78, 5) is 25.2. The van der Waals surface area contributed by atoms with Crippen LogP contribution in [0.15, 0.2) is 30.3 Å². The van der Waals surface area contributed by atoms with Gasteiger partial charge < -0.3 is 25.3 Å². The fourth-order valence-corrected chi connectivity index (χ4v) is 4.51. The molecule has 0 aliphatic rings. The lowest BCUT2D eigenvalue weighted by Crippen LogP contribution is -2.22. The minimum Gasteiger partial charge on any atom is -0.496 e. The molecule has 0 spiro atoms. The van der Waals surface area contributed by atoms with Crippen LogP contribution in [0.3, 0.4) is 0 Å². The lowest BCUT2D eigenvalue weighted by Gasteiger charge is -2.25. The van der Waals surface area contributed by atoms with E-state index in [0.29, 0.717) is 41.0 Å². The number of unbranched alkanes of at least 4 members (excludes halogenated alkanes) is 2. The van der Waals surface area contributed by atoms with Crippen molar-refractivity contribution in [3.63, 3.8) is 0 Å². The van der Waals surface area contributed by atoms with Crippen molar-refractivity contribution in [1.82, 2.24) is 0 Å². The highest BCUT2D eigenvalue weighted by Gasteiger charge is 2.24. The second-order valence-electron chi connectivity index (χ2n) is 10.2. The lowest BCUT2D eigenvalue weighted by atomic mass is 9.84. The fourth-order valence-electron chi connectivity index (χ4n) is 4.28. The SMILES string of the molecule is CCCCCC(CC(=O)Nc1cc(C(N)=O)ccc1C(C)(C)C)c1cc(Cl)c(OCCOC)cc1OC. The number of benzene rings is 2. The van der Waals surface area contributed by atoms with Crippen molar-refractivity contribution in [2.24, 2.45) is 5.73 Å². The number of hydrogen-bond acceptors (Lipinski definition) is 5. The largest absolute Gasteiger partial charge is 0.496 e. The number of nitrogens with two attached hydrogens (primary N) is 1. The average molecular weight is 533 g/mol. The number of hydrogen-bond donors (Lipinski definition) is 2. The highest BCUT2D eigenvalue weighted by atomic mass is 35.5. The molecular weight excluding hydrogens is 492 g/mol. The summed E-state index contributed by atoms with van der Waals surface area (Å²) in [6, 6.07) is 8.79. The Bertz CT molecular complexity index is 1060. The number of ether oxygens (including phenoxy) is 3. The molecule has 2 aromatic carbocycles. The van der Waals surface area contributed by atoms with Crippen LogP contribution in [-0.4, -0.2) is 39.2 Å². The summed E-state index contributed by atoms with van der Waals surface area (Å²) in [6.45, 7) is 9.11. The van der Waals surface area contributed by atoms with Gasteiger partial charge in [0, 0.05) is 30.8 Å². The van der Waals surface area contributed by atoms with Gasteiger partial charge in [0.2, 0.25) is 11.8 Å². The third-order valence-corrected chi connectivity index (χ3v) is 6.54. The normalized spacial score (nSPS) is 12.2. The molecular formula is C29H41ClN2O5. The smallest absolute Gasteiger partial charge is 0.248 e. The Morgan fingerprint density at radius 1 is 1.05 bits per heavy atom. The number of carbonyl (C=O) groups excluding carboxylic acids is 2. The summed E-state index contributed by atoms with van der Waals surface area (Å²) in [7, 11) is 3.20. The Hall–Kier alpha value is -2.77. The third kappa shape index (κ3) is 8.93. The molecule has 0 aliphatic heterocycles. The van der Waals surface area contributed by atoms with Crippen molar-refractivity contribution in [1.29, 1.82) is 0 Å². The van der Waals surface area contributed by atoms with Crippen LogP contribution in [-0.2, 0) is 14.9 Å². The molecule has 8 heteroatoms. The molecule has 2 aromatic rings. The van der Waals surface area contributed by atoms with Crippen LogP contribution < -0.4 is 20.5 Å². The predicted octanol–water partition coefficient (Wildman–Crippen LogP) is 6.46. The summed E-state index contributed by atoms with van der Waals surface area (Å²) >= 11 is 6.56. The van der Waals surface area contributed by atoms with Gasteiger partial charge in [-0.3, -0.25) is 9.59 Å². The van der Waals surface area contributed by atoms with Crippen molar-refractivity contribution >= 4 is 29.1 Å². The Kier molecular flexibility index (Phi) is 11.7. The zero-order valence-electron chi connectivity index (χ0n) is 22.9. The molecule has 0 bridgehead atoms. The Morgan fingerprint density at radius 2 is 1.78 bits per heavy atom. The van der Waals surface area contributed by atoms with Crippen molar-refractivity contribution in [2.75, 3.05) is 32.8 Å². The van der Waals surface area contributed by atoms with Gasteiger partial charge in [-0.25, -0.2) is 0 Å². The minimum atomic E-state index is -0.541. The quantitative estimate of drug-likeness (QED) is 0.272. The van der Waals surface area contributed by atoms with Gasteiger partial charge in [0.1, 0.15) is 18.1 Å². The van der Waals surface area contributed by atoms with E-state index in [9.17, 15) is 9.59 Å². The van der Waals surface area contributed by atoms with Gasteiger partial charge in [-0.1, -0.05) is 64.6 Å². The van der Waals surface area contributed by atoms with Crippen LogP contribution in [0.1, 0.15) is 87.2 Å². The van der Waals surface area contributed by atoms with Crippen molar-refractivity contribution in [2.45, 2.75) is 71.1 Å². The molecule has 2 amide bonds. The maximum absolute atomic E-state index is 13.4.